The van der Waals surface area contributed by atoms with Crippen LogP contribution in [0.5, 0.6) is 0 Å². The molecule has 0 spiro atoms. The standard InChI is InChI=1S/C12H15NOS2/c1-9(14)13-5-4-10-8-11(16-7-6-15)2-3-12(10)13/h2-3,8,15H,4-7H2,1H3. The summed E-state index contributed by atoms with van der Waals surface area (Å²) in [5.74, 6) is 2.05. The van der Waals surface area contributed by atoms with Gasteiger partial charge in [0.2, 0.25) is 5.91 Å². The number of carbonyl (C=O) groups is 1. The van der Waals surface area contributed by atoms with E-state index in [-0.39, 0.29) is 5.91 Å². The first-order chi connectivity index (χ1) is 7.72. The molecule has 4 heteroatoms. The third-order valence-electron chi connectivity index (χ3n) is 2.69. The zero-order valence-corrected chi connectivity index (χ0v) is 11.0. The third kappa shape index (κ3) is 2.38. The molecule has 2 nitrogen and oxygen atoms in total. The highest BCUT2D eigenvalue weighted by Crippen LogP contribution is 2.31. The van der Waals surface area contributed by atoms with Crippen molar-refractivity contribution in [1.82, 2.24) is 0 Å². The van der Waals surface area contributed by atoms with Crippen molar-refractivity contribution in [2.24, 2.45) is 0 Å². The number of benzene rings is 1. The number of hydrogen-bond donors (Lipinski definition) is 1. The largest absolute Gasteiger partial charge is 0.312 e. The Morgan fingerprint density at radius 3 is 3.06 bits per heavy atom. The Morgan fingerprint density at radius 1 is 1.56 bits per heavy atom. The van der Waals surface area contributed by atoms with E-state index < -0.39 is 0 Å². The first-order valence-corrected chi connectivity index (χ1v) is 6.99. The Kier molecular flexibility index (Phi) is 3.82. The lowest BCUT2D eigenvalue weighted by Crippen LogP contribution is -2.25. The second-order valence-corrected chi connectivity index (χ2v) is 5.40. The van der Waals surface area contributed by atoms with Crippen molar-refractivity contribution in [3.8, 4) is 0 Å². The Bertz CT molecular complexity index is 406. The van der Waals surface area contributed by atoms with Gasteiger partial charge in [-0.2, -0.15) is 12.6 Å². The summed E-state index contributed by atoms with van der Waals surface area (Å²) in [4.78, 5) is 14.5. The molecule has 16 heavy (non-hydrogen) atoms. The summed E-state index contributed by atoms with van der Waals surface area (Å²) in [5.41, 5.74) is 2.38. The number of thioether (sulfide) groups is 1. The molecule has 0 radical (unpaired) electrons. The number of carbonyl (C=O) groups excluding carboxylic acids is 1. The normalized spacial score (nSPS) is 14.0. The molecular weight excluding hydrogens is 238 g/mol. The van der Waals surface area contributed by atoms with E-state index >= 15 is 0 Å². The highest BCUT2D eigenvalue weighted by Gasteiger charge is 2.21. The van der Waals surface area contributed by atoms with Gasteiger partial charge in [0.1, 0.15) is 0 Å². The maximum atomic E-state index is 11.4. The van der Waals surface area contributed by atoms with E-state index in [0.717, 1.165) is 30.2 Å². The molecule has 0 fully saturated rings. The van der Waals surface area contributed by atoms with Crippen LogP contribution in [0.3, 0.4) is 0 Å². The molecule has 1 aromatic rings. The van der Waals surface area contributed by atoms with Crippen molar-refractivity contribution in [2.45, 2.75) is 18.2 Å². The van der Waals surface area contributed by atoms with Gasteiger partial charge in [-0.1, -0.05) is 0 Å². The van der Waals surface area contributed by atoms with Gasteiger partial charge in [-0.25, -0.2) is 0 Å². The SMILES string of the molecule is CC(=O)N1CCc2cc(SCCS)ccc21. The van der Waals surface area contributed by atoms with E-state index in [1.807, 2.05) is 16.7 Å². The number of anilines is 1. The molecule has 1 aromatic carbocycles. The van der Waals surface area contributed by atoms with Crippen LogP contribution in [0.2, 0.25) is 0 Å². The number of amides is 1. The van der Waals surface area contributed by atoms with Gasteiger partial charge >= 0.3 is 0 Å². The lowest BCUT2D eigenvalue weighted by molar-refractivity contribution is -0.116. The smallest absolute Gasteiger partial charge is 0.223 e. The van der Waals surface area contributed by atoms with Crippen molar-refractivity contribution in [2.75, 3.05) is 23.0 Å². The van der Waals surface area contributed by atoms with Gasteiger partial charge in [-0.05, 0) is 35.9 Å². The van der Waals surface area contributed by atoms with Crippen LogP contribution in [0.25, 0.3) is 0 Å². The number of thiol groups is 1. The highest BCUT2D eigenvalue weighted by atomic mass is 32.2. The zero-order chi connectivity index (χ0) is 11.5. The quantitative estimate of drug-likeness (QED) is 0.660. The van der Waals surface area contributed by atoms with Gasteiger partial charge in [0.25, 0.3) is 0 Å². The number of fused-ring (bicyclic) bond motifs is 1. The second-order valence-electron chi connectivity index (χ2n) is 3.78. The van der Waals surface area contributed by atoms with E-state index in [2.05, 4.69) is 30.8 Å². The summed E-state index contributed by atoms with van der Waals surface area (Å²) >= 11 is 6.02. The van der Waals surface area contributed by atoms with Crippen LogP contribution in [-0.2, 0) is 11.2 Å². The number of rotatable bonds is 3. The van der Waals surface area contributed by atoms with Gasteiger partial charge in [0, 0.05) is 29.8 Å². The lowest BCUT2D eigenvalue weighted by atomic mass is 10.2. The fraction of sp³-hybridized carbons (Fsp3) is 0.417. The van der Waals surface area contributed by atoms with Crippen LogP contribution in [0.4, 0.5) is 5.69 Å². The fourth-order valence-corrected chi connectivity index (χ4v) is 2.95. The van der Waals surface area contributed by atoms with Gasteiger partial charge in [0.15, 0.2) is 0 Å². The number of hydrogen-bond acceptors (Lipinski definition) is 3. The molecule has 1 heterocycles. The average Bonchev–Trinajstić information content (AvgIpc) is 2.69. The van der Waals surface area contributed by atoms with Crippen LogP contribution < -0.4 is 4.90 Å². The molecule has 0 unspecified atom stereocenters. The molecule has 0 aromatic heterocycles. The van der Waals surface area contributed by atoms with Gasteiger partial charge < -0.3 is 4.90 Å². The lowest BCUT2D eigenvalue weighted by Gasteiger charge is -2.14. The Morgan fingerprint density at radius 2 is 2.38 bits per heavy atom. The summed E-state index contributed by atoms with van der Waals surface area (Å²) in [6.45, 7) is 2.45. The molecule has 1 amide bonds. The van der Waals surface area contributed by atoms with E-state index in [1.54, 1.807) is 6.92 Å². The summed E-state index contributed by atoms with van der Waals surface area (Å²) in [7, 11) is 0. The van der Waals surface area contributed by atoms with Crippen molar-refractivity contribution in [3.05, 3.63) is 23.8 Å². The van der Waals surface area contributed by atoms with E-state index in [9.17, 15) is 4.79 Å². The van der Waals surface area contributed by atoms with Gasteiger partial charge in [-0.15, -0.1) is 11.8 Å². The van der Waals surface area contributed by atoms with E-state index in [0.29, 0.717) is 0 Å². The maximum absolute atomic E-state index is 11.4. The molecule has 0 bridgehead atoms. The number of nitrogens with zero attached hydrogens (tertiary/aromatic N) is 1. The predicted molar refractivity (Wildman–Crippen MR) is 72.8 cm³/mol. The molecular formula is C12H15NOS2. The summed E-state index contributed by atoms with van der Waals surface area (Å²) in [5, 5.41) is 0. The van der Waals surface area contributed by atoms with E-state index in [1.165, 1.54) is 10.5 Å². The van der Waals surface area contributed by atoms with Gasteiger partial charge in [-0.3, -0.25) is 4.79 Å². The molecule has 1 aliphatic rings. The summed E-state index contributed by atoms with van der Waals surface area (Å²) < 4.78 is 0. The minimum Gasteiger partial charge on any atom is -0.312 e. The van der Waals surface area contributed by atoms with E-state index in [4.69, 9.17) is 0 Å². The Hall–Kier alpha value is -0.610. The van der Waals surface area contributed by atoms with Crippen molar-refractivity contribution >= 4 is 36.0 Å². The Balaban J connectivity index is 2.19. The minimum absolute atomic E-state index is 0.134. The molecule has 2 rings (SSSR count). The third-order valence-corrected chi connectivity index (χ3v) is 4.21. The van der Waals surface area contributed by atoms with Crippen LogP contribution in [-0.4, -0.2) is 24.0 Å². The zero-order valence-electron chi connectivity index (χ0n) is 9.27. The monoisotopic (exact) mass is 253 g/mol. The summed E-state index contributed by atoms with van der Waals surface area (Å²) in [6.07, 6.45) is 0.976. The topological polar surface area (TPSA) is 20.3 Å². The second kappa shape index (κ2) is 5.15. The first-order valence-electron chi connectivity index (χ1n) is 5.37. The predicted octanol–water partition coefficient (Wildman–Crippen LogP) is 2.62. The maximum Gasteiger partial charge on any atom is 0.223 e. The molecule has 0 saturated carbocycles. The fourth-order valence-electron chi connectivity index (χ4n) is 1.96. The average molecular weight is 253 g/mol. The van der Waals surface area contributed by atoms with Crippen molar-refractivity contribution < 1.29 is 4.79 Å². The highest BCUT2D eigenvalue weighted by molar-refractivity contribution is 8.00. The molecule has 0 N–H and O–H groups in total. The van der Waals surface area contributed by atoms with Crippen molar-refractivity contribution in [3.63, 3.8) is 0 Å². The molecule has 0 atom stereocenters. The van der Waals surface area contributed by atoms with Gasteiger partial charge in [0.05, 0.1) is 0 Å². The molecule has 1 aliphatic heterocycles. The van der Waals surface area contributed by atoms with Crippen LogP contribution >= 0.6 is 24.4 Å². The Labute approximate surface area is 106 Å². The first kappa shape index (κ1) is 11.9. The van der Waals surface area contributed by atoms with Crippen LogP contribution in [0.1, 0.15) is 12.5 Å². The summed E-state index contributed by atoms with van der Waals surface area (Å²) in [6, 6.07) is 6.35. The molecule has 0 aliphatic carbocycles. The van der Waals surface area contributed by atoms with Crippen molar-refractivity contribution in [1.29, 1.82) is 0 Å². The van der Waals surface area contributed by atoms with Crippen LogP contribution in [0.15, 0.2) is 23.1 Å². The van der Waals surface area contributed by atoms with Crippen LogP contribution in [0, 0.1) is 0 Å². The molecule has 86 valence electrons. The minimum atomic E-state index is 0.134. The molecule has 0 saturated heterocycles.